The number of benzene rings is 2. The fourth-order valence-electron chi connectivity index (χ4n) is 5.15. The Hall–Kier alpha value is -3.46. The smallest absolute Gasteiger partial charge is 0.240 e. The van der Waals surface area contributed by atoms with Gasteiger partial charge in [-0.2, -0.15) is 0 Å². The van der Waals surface area contributed by atoms with E-state index in [1.54, 1.807) is 48.5 Å². The number of carbonyl (C=O) groups is 4. The van der Waals surface area contributed by atoms with Crippen molar-refractivity contribution in [2.24, 2.45) is 0 Å². The largest absolute Gasteiger partial charge is 0.325 e. The van der Waals surface area contributed by atoms with E-state index in [2.05, 4.69) is 10.6 Å². The fourth-order valence-corrected chi connectivity index (χ4v) is 8.60. The number of amides is 2. The molecule has 4 rings (SSSR count). The second kappa shape index (κ2) is 12.8. The Balaban J connectivity index is 1.58. The molecule has 2 aromatic carbocycles. The van der Waals surface area contributed by atoms with Crippen molar-refractivity contribution in [3.63, 3.8) is 0 Å². The minimum absolute atomic E-state index is 0.0895. The molecule has 0 bridgehead atoms. The summed E-state index contributed by atoms with van der Waals surface area (Å²) in [4.78, 5) is 49.6. The summed E-state index contributed by atoms with van der Waals surface area (Å²) >= 11 is 0. The highest BCUT2D eigenvalue weighted by atomic mass is 32.2. The monoisotopic (exact) mass is 618 g/mol. The van der Waals surface area contributed by atoms with Crippen LogP contribution in [0.5, 0.6) is 0 Å². The van der Waals surface area contributed by atoms with Crippen molar-refractivity contribution in [3.05, 3.63) is 59.7 Å². The van der Waals surface area contributed by atoms with E-state index >= 15 is 0 Å². The zero-order valence-electron chi connectivity index (χ0n) is 23.4. The molecule has 14 heteroatoms. The van der Waals surface area contributed by atoms with Gasteiger partial charge in [-0.3, -0.25) is 19.2 Å². The van der Waals surface area contributed by atoms with Gasteiger partial charge in [-0.15, -0.1) is 0 Å². The summed E-state index contributed by atoms with van der Waals surface area (Å²) in [5.74, 6) is -1.91. The van der Waals surface area contributed by atoms with Crippen LogP contribution in [-0.2, 0) is 29.3 Å². The van der Waals surface area contributed by atoms with Gasteiger partial charge in [0.2, 0.25) is 11.8 Å². The molecule has 42 heavy (non-hydrogen) atoms. The molecule has 2 aromatic rings. The van der Waals surface area contributed by atoms with E-state index in [1.165, 1.54) is 23.9 Å². The molecule has 12 nitrogen and oxygen atoms in total. The molecule has 0 spiro atoms. The lowest BCUT2D eigenvalue weighted by molar-refractivity contribution is -0.137. The third kappa shape index (κ3) is 8.31. The van der Waals surface area contributed by atoms with Crippen molar-refractivity contribution in [1.82, 2.24) is 10.0 Å². The zero-order valence-corrected chi connectivity index (χ0v) is 25.0. The molecule has 2 fully saturated rings. The number of hydrogen-bond donors (Lipinski definition) is 2. The first-order valence-corrected chi connectivity index (χ1v) is 17.1. The molecule has 0 aromatic heterocycles. The summed E-state index contributed by atoms with van der Waals surface area (Å²) < 4.78 is 49.7. The lowest BCUT2D eigenvalue weighted by Gasteiger charge is -2.41. The molecular formula is C28H34N4O8S2. The minimum Gasteiger partial charge on any atom is -0.325 e. The average molecular weight is 619 g/mol. The number of rotatable bonds is 11. The quantitative estimate of drug-likeness (QED) is 0.279. The zero-order chi connectivity index (χ0) is 30.7. The Morgan fingerprint density at radius 2 is 0.976 bits per heavy atom. The highest BCUT2D eigenvalue weighted by molar-refractivity contribution is 7.91. The van der Waals surface area contributed by atoms with Crippen LogP contribution in [0.2, 0.25) is 0 Å². The number of nitrogens with one attached hydrogen (secondary N) is 2. The predicted molar refractivity (Wildman–Crippen MR) is 158 cm³/mol. The highest BCUT2D eigenvalue weighted by Crippen LogP contribution is 2.26. The van der Waals surface area contributed by atoms with Crippen LogP contribution in [-0.4, -0.2) is 98.4 Å². The van der Waals surface area contributed by atoms with Gasteiger partial charge in [-0.05, 0) is 75.2 Å². The highest BCUT2D eigenvalue weighted by Gasteiger charge is 2.42. The van der Waals surface area contributed by atoms with Crippen LogP contribution in [0.25, 0.3) is 0 Å². The van der Waals surface area contributed by atoms with Crippen molar-refractivity contribution in [3.8, 4) is 0 Å². The van der Waals surface area contributed by atoms with Gasteiger partial charge in [0.1, 0.15) is 0 Å². The van der Waals surface area contributed by atoms with E-state index in [9.17, 15) is 36.0 Å². The summed E-state index contributed by atoms with van der Waals surface area (Å²) in [6.07, 6.45) is 0.431. The van der Waals surface area contributed by atoms with Gasteiger partial charge in [-0.1, -0.05) is 0 Å². The first-order valence-electron chi connectivity index (χ1n) is 13.5. The topological polar surface area (TPSA) is 167 Å². The molecule has 0 radical (unpaired) electrons. The molecule has 226 valence electrons. The molecule has 0 aliphatic carbocycles. The van der Waals surface area contributed by atoms with Gasteiger partial charge < -0.3 is 10.6 Å². The molecule has 2 N–H and O–H groups in total. The molecule has 2 saturated heterocycles. The van der Waals surface area contributed by atoms with Crippen LogP contribution in [0.4, 0.5) is 11.4 Å². The standard InChI is InChI=1S/C28H34N4O8S2/c1-19(33)21-3-7-23(8-4-21)29-27(35)15-31(25-11-13-41(37,38)17-25)32(26-12-14-42(39,40)18-26)16-28(36)30-24-9-5-22(6-10-24)20(2)34/h3-10,25-26H,11-18H2,1-2H3,(H,29,35)(H,30,36). The molecule has 0 saturated carbocycles. The third-order valence-electron chi connectivity index (χ3n) is 7.35. The number of sulfone groups is 2. The molecule has 2 amide bonds. The number of hydrazine groups is 1. The van der Waals surface area contributed by atoms with Crippen molar-refractivity contribution >= 4 is 54.4 Å². The van der Waals surface area contributed by atoms with Crippen LogP contribution in [0.1, 0.15) is 47.4 Å². The van der Waals surface area contributed by atoms with Crippen molar-refractivity contribution < 1.29 is 36.0 Å². The third-order valence-corrected chi connectivity index (χ3v) is 10.9. The van der Waals surface area contributed by atoms with Gasteiger partial charge in [0.05, 0.1) is 36.1 Å². The van der Waals surface area contributed by atoms with Crippen LogP contribution in [0.3, 0.4) is 0 Å². The maximum atomic E-state index is 13.2. The van der Waals surface area contributed by atoms with Crippen molar-refractivity contribution in [2.45, 2.75) is 38.8 Å². The fraction of sp³-hybridized carbons (Fsp3) is 0.429. The SMILES string of the molecule is CC(=O)c1ccc(NC(=O)CN(C2CCS(=O)(=O)C2)N(CC(=O)Nc2ccc(C(C)=O)cc2)C2CCS(=O)(=O)C2)cc1. The minimum atomic E-state index is -3.39. The maximum absolute atomic E-state index is 13.2. The molecule has 2 aliphatic heterocycles. The average Bonchev–Trinajstić information content (AvgIpc) is 3.47. The predicted octanol–water partition coefficient (Wildman–Crippen LogP) is 1.56. The van der Waals surface area contributed by atoms with E-state index in [0.717, 1.165) is 0 Å². The number of hydrogen-bond acceptors (Lipinski definition) is 10. The van der Waals surface area contributed by atoms with Gasteiger partial charge in [0, 0.05) is 34.6 Å². The summed E-state index contributed by atoms with van der Waals surface area (Å²) in [7, 11) is -6.79. The van der Waals surface area contributed by atoms with E-state index < -0.39 is 43.6 Å². The Kier molecular flexibility index (Phi) is 9.60. The second-order valence-corrected chi connectivity index (χ2v) is 15.1. The van der Waals surface area contributed by atoms with Gasteiger partial charge in [-0.25, -0.2) is 26.9 Å². The first-order chi connectivity index (χ1) is 19.7. The van der Waals surface area contributed by atoms with Crippen LogP contribution >= 0.6 is 0 Å². The van der Waals surface area contributed by atoms with Crippen LogP contribution < -0.4 is 10.6 Å². The van der Waals surface area contributed by atoms with E-state index in [0.29, 0.717) is 22.5 Å². The summed E-state index contributed by atoms with van der Waals surface area (Å²) in [5, 5.41) is 8.52. The van der Waals surface area contributed by atoms with Crippen LogP contribution in [0, 0.1) is 0 Å². The summed E-state index contributed by atoms with van der Waals surface area (Å²) in [6.45, 7) is 2.20. The normalized spacial score (nSPS) is 20.9. The van der Waals surface area contributed by atoms with E-state index in [-0.39, 0.29) is 60.5 Å². The Labute approximate surface area is 245 Å². The Morgan fingerprint density at radius 1 is 0.643 bits per heavy atom. The van der Waals surface area contributed by atoms with Gasteiger partial charge >= 0.3 is 0 Å². The van der Waals surface area contributed by atoms with Gasteiger partial charge in [0.15, 0.2) is 31.2 Å². The number of anilines is 2. The Morgan fingerprint density at radius 3 is 1.24 bits per heavy atom. The van der Waals surface area contributed by atoms with Crippen LogP contribution in [0.15, 0.2) is 48.5 Å². The van der Waals surface area contributed by atoms with E-state index in [1.807, 2.05) is 0 Å². The van der Waals surface area contributed by atoms with Gasteiger partial charge in [0.25, 0.3) is 0 Å². The number of carbonyl (C=O) groups excluding carboxylic acids is 4. The molecular weight excluding hydrogens is 584 g/mol. The first kappa shape index (κ1) is 31.5. The van der Waals surface area contributed by atoms with Crippen molar-refractivity contribution in [1.29, 1.82) is 0 Å². The number of Topliss-reactive ketones (excluding diaryl/α,β-unsaturated/α-hetero) is 2. The van der Waals surface area contributed by atoms with Crippen molar-refractivity contribution in [2.75, 3.05) is 46.7 Å². The maximum Gasteiger partial charge on any atom is 0.240 e. The molecule has 2 aliphatic rings. The lowest BCUT2D eigenvalue weighted by atomic mass is 10.1. The summed E-state index contributed by atoms with van der Waals surface area (Å²) in [5.41, 5.74) is 1.79. The second-order valence-electron chi connectivity index (χ2n) is 10.7. The molecule has 2 unspecified atom stereocenters. The Bertz CT molecular complexity index is 1450. The molecule has 2 heterocycles. The number of ketones is 2. The molecule has 2 atom stereocenters. The number of nitrogens with zero attached hydrogens (tertiary/aromatic N) is 2. The lowest BCUT2D eigenvalue weighted by Crippen LogP contribution is -2.58. The van der Waals surface area contributed by atoms with E-state index in [4.69, 9.17) is 0 Å². The summed E-state index contributed by atoms with van der Waals surface area (Å²) in [6, 6.07) is 11.3.